The first-order valence-electron chi connectivity index (χ1n) is 5.89. The van der Waals surface area contributed by atoms with Crippen LogP contribution in [-0.4, -0.2) is 29.9 Å². The molecule has 1 amide bonds. The summed E-state index contributed by atoms with van der Waals surface area (Å²) >= 11 is 5.37. The molecule has 0 saturated carbocycles. The predicted molar refractivity (Wildman–Crippen MR) is 68.4 cm³/mol. The van der Waals surface area contributed by atoms with Gasteiger partial charge in [-0.05, 0) is 33.6 Å². The number of unbranched alkanes of at least 4 members (excludes halogenated alkanes) is 2. The number of nitrogens with one attached hydrogen (secondary N) is 1. The van der Waals surface area contributed by atoms with E-state index in [9.17, 15) is 9.59 Å². The first-order valence-corrected chi connectivity index (χ1v) is 6.43. The summed E-state index contributed by atoms with van der Waals surface area (Å²) in [5, 5.41) is 2.67. The zero-order valence-corrected chi connectivity index (χ0v) is 11.6. The van der Waals surface area contributed by atoms with Crippen LogP contribution in [0.5, 0.6) is 0 Å². The average molecular weight is 264 g/mol. The summed E-state index contributed by atoms with van der Waals surface area (Å²) in [5.41, 5.74) is -0.461. The fourth-order valence-electron chi connectivity index (χ4n) is 1.20. The van der Waals surface area contributed by atoms with Gasteiger partial charge in [0.15, 0.2) is 0 Å². The van der Waals surface area contributed by atoms with Crippen molar-refractivity contribution < 1.29 is 14.3 Å². The molecular formula is C12H22ClNO3. The van der Waals surface area contributed by atoms with E-state index in [1.54, 1.807) is 0 Å². The van der Waals surface area contributed by atoms with Crippen LogP contribution in [0.2, 0.25) is 0 Å². The number of alkyl halides is 1. The van der Waals surface area contributed by atoms with Crippen molar-refractivity contribution in [2.75, 3.05) is 12.4 Å². The average Bonchev–Trinajstić information content (AvgIpc) is 2.20. The van der Waals surface area contributed by atoms with Crippen LogP contribution in [-0.2, 0) is 9.53 Å². The van der Waals surface area contributed by atoms with Gasteiger partial charge in [0.05, 0.1) is 5.88 Å². The molecule has 0 aromatic heterocycles. The summed E-state index contributed by atoms with van der Waals surface area (Å²) in [6, 6.07) is 0. The van der Waals surface area contributed by atoms with Crippen molar-refractivity contribution in [2.24, 2.45) is 0 Å². The Balaban J connectivity index is 3.40. The van der Waals surface area contributed by atoms with Gasteiger partial charge in [0.25, 0.3) is 0 Å². The number of halogens is 1. The lowest BCUT2D eigenvalue weighted by molar-refractivity contribution is -0.116. The van der Waals surface area contributed by atoms with E-state index < -0.39 is 11.7 Å². The van der Waals surface area contributed by atoms with Crippen molar-refractivity contribution in [1.29, 1.82) is 0 Å². The molecule has 0 saturated heterocycles. The zero-order valence-electron chi connectivity index (χ0n) is 10.8. The van der Waals surface area contributed by atoms with Gasteiger partial charge in [-0.1, -0.05) is 6.42 Å². The van der Waals surface area contributed by atoms with E-state index in [4.69, 9.17) is 16.3 Å². The fraction of sp³-hybridized carbons (Fsp3) is 0.833. The Morgan fingerprint density at radius 1 is 1.18 bits per heavy atom. The van der Waals surface area contributed by atoms with Gasteiger partial charge in [0, 0.05) is 13.0 Å². The van der Waals surface area contributed by atoms with Gasteiger partial charge >= 0.3 is 6.09 Å². The Morgan fingerprint density at radius 3 is 2.35 bits per heavy atom. The molecule has 0 fully saturated rings. The molecule has 0 radical (unpaired) electrons. The van der Waals surface area contributed by atoms with Gasteiger partial charge < -0.3 is 10.1 Å². The molecule has 0 spiro atoms. The second-order valence-electron chi connectivity index (χ2n) is 4.91. The normalized spacial score (nSPS) is 11.1. The molecule has 1 N–H and O–H groups in total. The highest BCUT2D eigenvalue weighted by Gasteiger charge is 2.15. The van der Waals surface area contributed by atoms with E-state index in [1.165, 1.54) is 0 Å². The van der Waals surface area contributed by atoms with E-state index in [1.807, 2.05) is 20.8 Å². The molecule has 0 bridgehead atoms. The number of amides is 1. The second kappa shape index (κ2) is 8.34. The molecule has 0 aliphatic carbocycles. The number of alkyl carbamates (subject to hydrolysis) is 1. The van der Waals surface area contributed by atoms with Crippen molar-refractivity contribution in [1.82, 2.24) is 5.32 Å². The molecule has 17 heavy (non-hydrogen) atoms. The molecule has 0 unspecified atom stereocenters. The van der Waals surface area contributed by atoms with E-state index in [-0.39, 0.29) is 11.7 Å². The monoisotopic (exact) mass is 263 g/mol. The van der Waals surface area contributed by atoms with E-state index in [0.717, 1.165) is 19.3 Å². The third-order valence-electron chi connectivity index (χ3n) is 1.95. The highest BCUT2D eigenvalue weighted by atomic mass is 35.5. The number of rotatable bonds is 7. The first-order chi connectivity index (χ1) is 7.85. The molecule has 0 atom stereocenters. The Labute approximate surface area is 108 Å². The molecule has 0 aromatic carbocycles. The quantitative estimate of drug-likeness (QED) is 0.568. The molecular weight excluding hydrogens is 242 g/mol. The van der Waals surface area contributed by atoms with Crippen LogP contribution in [0.4, 0.5) is 4.79 Å². The summed E-state index contributed by atoms with van der Waals surface area (Å²) in [7, 11) is 0. The molecule has 4 nitrogen and oxygen atoms in total. The topological polar surface area (TPSA) is 55.4 Å². The Bertz CT molecular complexity index is 249. The summed E-state index contributed by atoms with van der Waals surface area (Å²) in [6.45, 7) is 6.04. The standard InChI is InChI=1S/C12H22ClNO3/c1-12(2,3)17-11(16)14-8-6-4-5-7-10(15)9-13/h4-9H2,1-3H3,(H,14,16). The summed E-state index contributed by atoms with van der Waals surface area (Å²) < 4.78 is 5.08. The Kier molecular flexibility index (Phi) is 7.96. The van der Waals surface area contributed by atoms with Crippen molar-refractivity contribution in [3.05, 3.63) is 0 Å². The van der Waals surface area contributed by atoms with E-state index in [2.05, 4.69) is 5.32 Å². The maximum Gasteiger partial charge on any atom is 0.407 e. The maximum atomic E-state index is 11.2. The third kappa shape index (κ3) is 11.5. The van der Waals surface area contributed by atoms with E-state index >= 15 is 0 Å². The number of carbonyl (C=O) groups excluding carboxylic acids is 2. The van der Waals surface area contributed by atoms with Crippen LogP contribution in [0.15, 0.2) is 0 Å². The predicted octanol–water partition coefficient (Wildman–Crippen LogP) is 2.88. The lowest BCUT2D eigenvalue weighted by atomic mass is 10.1. The van der Waals surface area contributed by atoms with Crippen molar-refractivity contribution in [3.8, 4) is 0 Å². The number of carbonyl (C=O) groups is 2. The molecule has 0 heterocycles. The van der Waals surface area contributed by atoms with Gasteiger partial charge in [0.1, 0.15) is 11.4 Å². The fourth-order valence-corrected chi connectivity index (χ4v) is 1.33. The molecule has 0 aliphatic heterocycles. The molecule has 100 valence electrons. The number of hydrogen-bond donors (Lipinski definition) is 1. The summed E-state index contributed by atoms with van der Waals surface area (Å²) in [5.74, 6) is 0.169. The summed E-state index contributed by atoms with van der Waals surface area (Å²) in [4.78, 5) is 22.1. The first kappa shape index (κ1) is 16.2. The third-order valence-corrected chi connectivity index (χ3v) is 2.25. The van der Waals surface area contributed by atoms with Gasteiger partial charge in [-0.15, -0.1) is 11.6 Å². The van der Waals surface area contributed by atoms with Gasteiger partial charge in [-0.25, -0.2) is 4.79 Å². The largest absolute Gasteiger partial charge is 0.444 e. The summed E-state index contributed by atoms with van der Waals surface area (Å²) in [6.07, 6.45) is 2.69. The number of ether oxygens (including phenoxy) is 1. The SMILES string of the molecule is CC(C)(C)OC(=O)NCCCCCC(=O)CCl. The van der Waals surface area contributed by atoms with Gasteiger partial charge in [0.2, 0.25) is 0 Å². The highest BCUT2D eigenvalue weighted by molar-refractivity contribution is 6.27. The van der Waals surface area contributed by atoms with Crippen LogP contribution < -0.4 is 5.32 Å². The molecule has 0 aromatic rings. The van der Waals surface area contributed by atoms with Crippen LogP contribution in [0.25, 0.3) is 0 Å². The van der Waals surface area contributed by atoms with Crippen molar-refractivity contribution in [2.45, 2.75) is 52.1 Å². The highest BCUT2D eigenvalue weighted by Crippen LogP contribution is 2.06. The number of ketones is 1. The van der Waals surface area contributed by atoms with Crippen LogP contribution in [0.1, 0.15) is 46.5 Å². The lowest BCUT2D eigenvalue weighted by Crippen LogP contribution is -2.32. The second-order valence-corrected chi connectivity index (χ2v) is 5.18. The minimum Gasteiger partial charge on any atom is -0.444 e. The molecule has 0 rings (SSSR count). The maximum absolute atomic E-state index is 11.2. The minimum absolute atomic E-state index is 0.0757. The Morgan fingerprint density at radius 2 is 1.82 bits per heavy atom. The van der Waals surface area contributed by atoms with Crippen molar-refractivity contribution >= 4 is 23.5 Å². The molecule has 0 aliphatic rings. The lowest BCUT2D eigenvalue weighted by Gasteiger charge is -2.19. The number of Topliss-reactive ketones (excluding diaryl/α,β-unsaturated/α-hetero) is 1. The van der Waals surface area contributed by atoms with E-state index in [0.29, 0.717) is 13.0 Å². The molecule has 5 heteroatoms. The Hall–Kier alpha value is -0.770. The van der Waals surface area contributed by atoms with Crippen LogP contribution >= 0.6 is 11.6 Å². The van der Waals surface area contributed by atoms with Gasteiger partial charge in [-0.3, -0.25) is 4.79 Å². The van der Waals surface area contributed by atoms with Crippen LogP contribution in [0, 0.1) is 0 Å². The smallest absolute Gasteiger partial charge is 0.407 e. The van der Waals surface area contributed by atoms with Gasteiger partial charge in [-0.2, -0.15) is 0 Å². The van der Waals surface area contributed by atoms with Crippen molar-refractivity contribution in [3.63, 3.8) is 0 Å². The number of hydrogen-bond acceptors (Lipinski definition) is 3. The van der Waals surface area contributed by atoms with Crippen LogP contribution in [0.3, 0.4) is 0 Å². The minimum atomic E-state index is -0.461. The zero-order chi connectivity index (χ0) is 13.3.